The summed E-state index contributed by atoms with van der Waals surface area (Å²) in [6, 6.07) is 14.6. The van der Waals surface area contributed by atoms with Crippen LogP contribution in [0.25, 0.3) is 31.8 Å². The first-order valence-electron chi connectivity index (χ1n) is 6.10. The molecule has 0 saturated heterocycles. The summed E-state index contributed by atoms with van der Waals surface area (Å²) in [5.41, 5.74) is 1.10. The molecule has 0 unspecified atom stereocenters. The number of nitrogens with zero attached hydrogens (tertiary/aromatic N) is 1. The van der Waals surface area contributed by atoms with Crippen molar-refractivity contribution in [2.45, 2.75) is 6.92 Å². The van der Waals surface area contributed by atoms with Crippen molar-refractivity contribution in [3.8, 4) is 0 Å². The van der Waals surface area contributed by atoms with Crippen LogP contribution in [0.2, 0.25) is 5.02 Å². The van der Waals surface area contributed by atoms with Gasteiger partial charge in [0.1, 0.15) is 0 Å². The summed E-state index contributed by atoms with van der Waals surface area (Å²) in [6.07, 6.45) is 0. The molecule has 0 radical (unpaired) electrons. The van der Waals surface area contributed by atoms with E-state index in [1.807, 2.05) is 12.1 Å². The van der Waals surface area contributed by atoms with Gasteiger partial charge in [-0.05, 0) is 41.3 Å². The van der Waals surface area contributed by atoms with Gasteiger partial charge in [0.15, 0.2) is 0 Å². The van der Waals surface area contributed by atoms with E-state index in [1.54, 1.807) is 11.3 Å². The van der Waals surface area contributed by atoms with Crippen LogP contribution in [-0.2, 0) is 0 Å². The normalized spacial score (nSPS) is 11.7. The number of hydrogen-bond donors (Lipinski definition) is 0. The van der Waals surface area contributed by atoms with Crippen LogP contribution in [0.5, 0.6) is 0 Å². The molecule has 0 saturated carbocycles. The van der Waals surface area contributed by atoms with Gasteiger partial charge < -0.3 is 0 Å². The van der Waals surface area contributed by atoms with Crippen molar-refractivity contribution in [1.29, 1.82) is 0 Å². The Morgan fingerprint density at radius 2 is 1.79 bits per heavy atom. The van der Waals surface area contributed by atoms with Crippen molar-refractivity contribution in [3.63, 3.8) is 0 Å². The summed E-state index contributed by atoms with van der Waals surface area (Å²) in [7, 11) is 0. The Kier molecular flexibility index (Phi) is 2.32. The summed E-state index contributed by atoms with van der Waals surface area (Å²) in [5, 5.41) is 6.72. The maximum absolute atomic E-state index is 6.08. The molecule has 1 heterocycles. The van der Waals surface area contributed by atoms with Crippen molar-refractivity contribution in [1.82, 2.24) is 4.98 Å². The zero-order valence-corrected chi connectivity index (χ0v) is 11.8. The molecule has 0 N–H and O–H groups in total. The molecule has 0 fully saturated rings. The average Bonchev–Trinajstić information content (AvgIpc) is 2.78. The Balaban J connectivity index is 2.32. The SMILES string of the molecule is Cc1nc2c(ccc3ccc4cc(Cl)ccc4c32)s1. The van der Waals surface area contributed by atoms with Crippen LogP contribution in [0.1, 0.15) is 5.01 Å². The maximum Gasteiger partial charge on any atom is 0.0908 e. The molecule has 0 bridgehead atoms. The third-order valence-electron chi connectivity index (χ3n) is 3.43. The molecule has 0 amide bonds. The molecule has 0 spiro atoms. The predicted molar refractivity (Wildman–Crippen MR) is 84.4 cm³/mol. The molecular weight excluding hydrogens is 274 g/mol. The smallest absolute Gasteiger partial charge is 0.0908 e. The summed E-state index contributed by atoms with van der Waals surface area (Å²) in [6.45, 7) is 2.05. The Labute approximate surface area is 119 Å². The highest BCUT2D eigenvalue weighted by atomic mass is 35.5. The molecular formula is C16H10ClNS. The van der Waals surface area contributed by atoms with E-state index < -0.39 is 0 Å². The molecule has 19 heavy (non-hydrogen) atoms. The molecule has 0 aliphatic rings. The average molecular weight is 284 g/mol. The second-order valence-electron chi connectivity index (χ2n) is 4.67. The third-order valence-corrected chi connectivity index (χ3v) is 4.60. The van der Waals surface area contributed by atoms with Crippen LogP contribution in [0.4, 0.5) is 0 Å². The van der Waals surface area contributed by atoms with Gasteiger partial charge in [-0.2, -0.15) is 0 Å². The molecule has 1 nitrogen and oxygen atoms in total. The van der Waals surface area contributed by atoms with Gasteiger partial charge in [-0.3, -0.25) is 0 Å². The summed E-state index contributed by atoms with van der Waals surface area (Å²) >= 11 is 7.82. The zero-order valence-electron chi connectivity index (χ0n) is 10.3. The minimum Gasteiger partial charge on any atom is -0.241 e. The Hall–Kier alpha value is -1.64. The number of thiazole rings is 1. The highest BCUT2D eigenvalue weighted by molar-refractivity contribution is 7.18. The van der Waals surface area contributed by atoms with E-state index in [0.29, 0.717) is 0 Å². The van der Waals surface area contributed by atoms with Gasteiger partial charge in [-0.25, -0.2) is 4.98 Å². The summed E-state index contributed by atoms with van der Waals surface area (Å²) < 4.78 is 1.24. The molecule has 4 rings (SSSR count). The number of rotatable bonds is 0. The molecule has 92 valence electrons. The lowest BCUT2D eigenvalue weighted by Crippen LogP contribution is -1.80. The van der Waals surface area contributed by atoms with Gasteiger partial charge in [0, 0.05) is 10.4 Å². The number of aryl methyl sites for hydroxylation is 1. The van der Waals surface area contributed by atoms with E-state index in [0.717, 1.165) is 20.9 Å². The topological polar surface area (TPSA) is 12.9 Å². The van der Waals surface area contributed by atoms with Crippen LogP contribution in [0.15, 0.2) is 42.5 Å². The van der Waals surface area contributed by atoms with Crippen LogP contribution in [0.3, 0.4) is 0 Å². The van der Waals surface area contributed by atoms with Gasteiger partial charge >= 0.3 is 0 Å². The highest BCUT2D eigenvalue weighted by Gasteiger charge is 2.08. The number of halogens is 1. The minimum atomic E-state index is 0.772. The lowest BCUT2D eigenvalue weighted by atomic mass is 10.0. The predicted octanol–water partition coefficient (Wildman–Crippen LogP) is 5.56. The van der Waals surface area contributed by atoms with E-state index in [4.69, 9.17) is 16.6 Å². The zero-order chi connectivity index (χ0) is 13.0. The highest BCUT2D eigenvalue weighted by Crippen LogP contribution is 2.34. The number of hydrogen-bond acceptors (Lipinski definition) is 2. The van der Waals surface area contributed by atoms with Gasteiger partial charge in [-0.15, -0.1) is 11.3 Å². The lowest BCUT2D eigenvalue weighted by molar-refractivity contribution is 1.35. The van der Waals surface area contributed by atoms with E-state index in [1.165, 1.54) is 20.9 Å². The van der Waals surface area contributed by atoms with E-state index in [-0.39, 0.29) is 0 Å². The van der Waals surface area contributed by atoms with Crippen LogP contribution >= 0.6 is 22.9 Å². The van der Waals surface area contributed by atoms with Crippen molar-refractivity contribution in [2.75, 3.05) is 0 Å². The minimum absolute atomic E-state index is 0.772. The molecule has 1 aromatic heterocycles. The van der Waals surface area contributed by atoms with Crippen molar-refractivity contribution < 1.29 is 0 Å². The second-order valence-corrected chi connectivity index (χ2v) is 6.35. The molecule has 3 aromatic carbocycles. The fraction of sp³-hybridized carbons (Fsp3) is 0.0625. The molecule has 0 atom stereocenters. The number of benzene rings is 3. The second kappa shape index (κ2) is 3.92. The fourth-order valence-corrected chi connectivity index (χ4v) is 3.64. The Morgan fingerprint density at radius 1 is 1.00 bits per heavy atom. The Bertz CT molecular complexity index is 940. The molecule has 0 aliphatic carbocycles. The van der Waals surface area contributed by atoms with Crippen LogP contribution in [-0.4, -0.2) is 4.98 Å². The quantitative estimate of drug-likeness (QED) is 0.385. The Morgan fingerprint density at radius 3 is 2.68 bits per heavy atom. The first-order valence-corrected chi connectivity index (χ1v) is 7.30. The molecule has 0 aliphatic heterocycles. The standard InChI is InChI=1S/C16H10ClNS/c1-9-18-16-14(19-9)7-4-10-2-3-11-8-12(17)5-6-13(11)15(10)16/h2-8H,1H3. The summed E-state index contributed by atoms with van der Waals surface area (Å²) in [5.74, 6) is 0. The lowest BCUT2D eigenvalue weighted by Gasteiger charge is -2.05. The third kappa shape index (κ3) is 1.64. The monoisotopic (exact) mass is 283 g/mol. The van der Waals surface area contributed by atoms with E-state index in [2.05, 4.69) is 37.3 Å². The van der Waals surface area contributed by atoms with E-state index >= 15 is 0 Å². The van der Waals surface area contributed by atoms with Gasteiger partial charge in [0.2, 0.25) is 0 Å². The first-order chi connectivity index (χ1) is 9.22. The van der Waals surface area contributed by atoms with E-state index in [9.17, 15) is 0 Å². The van der Waals surface area contributed by atoms with Crippen molar-refractivity contribution in [3.05, 3.63) is 52.5 Å². The summed E-state index contributed by atoms with van der Waals surface area (Å²) in [4.78, 5) is 4.70. The number of fused-ring (bicyclic) bond motifs is 5. The van der Waals surface area contributed by atoms with Crippen molar-refractivity contribution >= 4 is 54.7 Å². The maximum atomic E-state index is 6.08. The largest absolute Gasteiger partial charge is 0.241 e. The van der Waals surface area contributed by atoms with Crippen molar-refractivity contribution in [2.24, 2.45) is 0 Å². The molecule has 4 aromatic rings. The van der Waals surface area contributed by atoms with Gasteiger partial charge in [0.25, 0.3) is 0 Å². The van der Waals surface area contributed by atoms with Crippen LogP contribution in [0, 0.1) is 6.92 Å². The fourth-order valence-electron chi connectivity index (χ4n) is 2.62. The van der Waals surface area contributed by atoms with Gasteiger partial charge in [-0.1, -0.05) is 35.9 Å². The van der Waals surface area contributed by atoms with Crippen LogP contribution < -0.4 is 0 Å². The first kappa shape index (κ1) is 11.2. The molecule has 3 heteroatoms. The van der Waals surface area contributed by atoms with Gasteiger partial charge in [0.05, 0.1) is 15.2 Å². The number of aromatic nitrogens is 1.